The predicted molar refractivity (Wildman–Crippen MR) is 53.6 cm³/mol. The highest BCUT2D eigenvalue weighted by Gasteiger charge is 2.16. The molecule has 0 aliphatic carbocycles. The van der Waals surface area contributed by atoms with E-state index in [0.717, 1.165) is 0 Å². The average molecular weight is 225 g/mol. The molecule has 0 saturated carbocycles. The Labute approximate surface area is 89.0 Å². The minimum Gasteiger partial charge on any atom is -0.454 e. The molecule has 15 heavy (non-hydrogen) atoms. The molecule has 1 aliphatic rings. The van der Waals surface area contributed by atoms with Crippen molar-refractivity contribution < 1.29 is 13.9 Å². The third-order valence-corrected chi connectivity index (χ3v) is 2.50. The summed E-state index contributed by atoms with van der Waals surface area (Å²) in [7, 11) is 0. The molecule has 0 saturated heterocycles. The van der Waals surface area contributed by atoms with E-state index in [1.165, 1.54) is 6.07 Å². The van der Waals surface area contributed by atoms with Gasteiger partial charge in [-0.15, -0.1) is 0 Å². The number of hydrogen-bond donors (Lipinski definition) is 0. The van der Waals surface area contributed by atoms with Crippen LogP contribution in [0.5, 0.6) is 11.5 Å². The van der Waals surface area contributed by atoms with Gasteiger partial charge in [0.25, 0.3) is 0 Å². The van der Waals surface area contributed by atoms with Crippen molar-refractivity contribution >= 4 is 22.6 Å². The highest BCUT2D eigenvalue weighted by molar-refractivity contribution is 6.35. The van der Waals surface area contributed by atoms with Gasteiger partial charge in [0.15, 0.2) is 11.5 Å². The van der Waals surface area contributed by atoms with Crippen LogP contribution in [-0.4, -0.2) is 6.79 Å². The zero-order chi connectivity index (χ0) is 10.4. The van der Waals surface area contributed by atoms with Crippen molar-refractivity contribution in [1.29, 1.82) is 0 Å². The van der Waals surface area contributed by atoms with Crippen molar-refractivity contribution in [3.8, 4) is 11.5 Å². The van der Waals surface area contributed by atoms with E-state index in [1.807, 2.05) is 0 Å². The normalized spacial score (nSPS) is 13.4. The zero-order valence-electron chi connectivity index (χ0n) is 7.45. The predicted octanol–water partition coefficient (Wildman–Crippen LogP) is 2.18. The molecule has 0 amide bonds. The van der Waals surface area contributed by atoms with Crippen molar-refractivity contribution in [3.63, 3.8) is 0 Å². The Morgan fingerprint density at radius 3 is 2.67 bits per heavy atom. The molecular weight excluding hydrogens is 220 g/mol. The van der Waals surface area contributed by atoms with Crippen LogP contribution in [0.1, 0.15) is 0 Å². The molecule has 1 aliphatic heterocycles. The topological polar surface area (TPSA) is 48.7 Å². The van der Waals surface area contributed by atoms with Crippen LogP contribution < -0.4 is 15.1 Å². The third kappa shape index (κ3) is 1.26. The van der Waals surface area contributed by atoms with Gasteiger partial charge >= 0.3 is 5.63 Å². The van der Waals surface area contributed by atoms with Crippen LogP contribution >= 0.6 is 11.6 Å². The molecule has 2 aromatic rings. The summed E-state index contributed by atoms with van der Waals surface area (Å²) in [6, 6.07) is 4.53. The van der Waals surface area contributed by atoms with Gasteiger partial charge in [-0.3, -0.25) is 0 Å². The molecule has 0 N–H and O–H groups in total. The Morgan fingerprint density at radius 1 is 1.13 bits per heavy atom. The van der Waals surface area contributed by atoms with E-state index in [9.17, 15) is 4.79 Å². The Morgan fingerprint density at radius 2 is 1.87 bits per heavy atom. The first-order chi connectivity index (χ1) is 7.24. The van der Waals surface area contributed by atoms with Crippen LogP contribution in [0.3, 0.4) is 0 Å². The van der Waals surface area contributed by atoms with Gasteiger partial charge in [-0.05, 0) is 6.07 Å². The average Bonchev–Trinajstić information content (AvgIpc) is 2.61. The Balaban J connectivity index is 2.43. The van der Waals surface area contributed by atoms with Crippen molar-refractivity contribution in [2.45, 2.75) is 0 Å². The van der Waals surface area contributed by atoms with Crippen LogP contribution in [0.25, 0.3) is 11.0 Å². The lowest BCUT2D eigenvalue weighted by atomic mass is 10.2. The van der Waals surface area contributed by atoms with Crippen LogP contribution in [0, 0.1) is 0 Å². The number of ether oxygens (including phenoxy) is 2. The highest BCUT2D eigenvalue weighted by Crippen LogP contribution is 2.37. The summed E-state index contributed by atoms with van der Waals surface area (Å²) in [5.74, 6) is 1.17. The number of fused-ring (bicyclic) bond motifs is 2. The molecule has 0 atom stereocenters. The first kappa shape index (κ1) is 8.61. The molecule has 0 unspecified atom stereocenters. The Hall–Kier alpha value is -1.68. The van der Waals surface area contributed by atoms with Gasteiger partial charge in [0.2, 0.25) is 6.79 Å². The molecule has 1 aromatic carbocycles. The smallest absolute Gasteiger partial charge is 0.337 e. The van der Waals surface area contributed by atoms with E-state index in [1.54, 1.807) is 12.1 Å². The van der Waals surface area contributed by atoms with Crippen molar-refractivity contribution in [2.24, 2.45) is 0 Å². The van der Waals surface area contributed by atoms with Crippen LogP contribution in [0.15, 0.2) is 27.4 Å². The summed E-state index contributed by atoms with van der Waals surface area (Å²) >= 11 is 5.91. The second-order valence-electron chi connectivity index (χ2n) is 3.12. The van der Waals surface area contributed by atoms with E-state index in [0.29, 0.717) is 27.5 Å². The SMILES string of the molecule is O=c1cc(Cl)c2cc3c(cc2o1)OCO3. The number of benzene rings is 1. The molecule has 0 radical (unpaired) electrons. The van der Waals surface area contributed by atoms with Crippen molar-refractivity contribution in [1.82, 2.24) is 0 Å². The molecule has 1 aromatic heterocycles. The maximum absolute atomic E-state index is 11.1. The van der Waals surface area contributed by atoms with Gasteiger partial charge < -0.3 is 13.9 Å². The van der Waals surface area contributed by atoms with Crippen LogP contribution in [0.4, 0.5) is 0 Å². The molecule has 0 spiro atoms. The van der Waals surface area contributed by atoms with Gasteiger partial charge in [-0.25, -0.2) is 4.79 Å². The number of halogens is 1. The zero-order valence-corrected chi connectivity index (χ0v) is 8.21. The summed E-state index contributed by atoms with van der Waals surface area (Å²) in [6.07, 6.45) is 0. The van der Waals surface area contributed by atoms with Crippen LogP contribution in [0.2, 0.25) is 5.02 Å². The van der Waals surface area contributed by atoms with E-state index >= 15 is 0 Å². The van der Waals surface area contributed by atoms with E-state index in [-0.39, 0.29) is 6.79 Å². The van der Waals surface area contributed by atoms with E-state index < -0.39 is 5.63 Å². The molecular formula is C10H5ClO4. The first-order valence-corrected chi connectivity index (χ1v) is 4.65. The van der Waals surface area contributed by atoms with Gasteiger partial charge in [0.05, 0.1) is 5.02 Å². The molecule has 3 rings (SSSR count). The quantitative estimate of drug-likeness (QED) is 0.644. The highest BCUT2D eigenvalue weighted by atomic mass is 35.5. The van der Waals surface area contributed by atoms with Crippen molar-refractivity contribution in [2.75, 3.05) is 6.79 Å². The fraction of sp³-hybridized carbons (Fsp3) is 0.100. The minimum absolute atomic E-state index is 0.174. The lowest BCUT2D eigenvalue weighted by molar-refractivity contribution is 0.174. The molecule has 5 heteroatoms. The minimum atomic E-state index is -0.480. The molecule has 4 nitrogen and oxygen atoms in total. The maximum atomic E-state index is 11.1. The Kier molecular flexibility index (Phi) is 1.67. The standard InChI is InChI=1S/C10H5ClO4/c11-6-2-10(12)15-7-3-9-8(1-5(6)7)13-4-14-9/h1-3H,4H2. The number of rotatable bonds is 0. The third-order valence-electron chi connectivity index (χ3n) is 2.19. The molecule has 76 valence electrons. The summed E-state index contributed by atoms with van der Waals surface area (Å²) < 4.78 is 15.3. The largest absolute Gasteiger partial charge is 0.454 e. The molecule has 2 heterocycles. The van der Waals surface area contributed by atoms with Gasteiger partial charge in [-0.2, -0.15) is 0 Å². The van der Waals surface area contributed by atoms with Gasteiger partial charge in [0, 0.05) is 17.5 Å². The fourth-order valence-corrected chi connectivity index (χ4v) is 1.75. The summed E-state index contributed by atoms with van der Waals surface area (Å²) in [5.41, 5.74) is -0.0804. The monoisotopic (exact) mass is 224 g/mol. The first-order valence-electron chi connectivity index (χ1n) is 4.27. The van der Waals surface area contributed by atoms with Gasteiger partial charge in [0.1, 0.15) is 5.58 Å². The summed E-state index contributed by atoms with van der Waals surface area (Å²) in [5, 5.41) is 0.986. The summed E-state index contributed by atoms with van der Waals surface area (Å²) in [4.78, 5) is 11.1. The molecule has 0 bridgehead atoms. The van der Waals surface area contributed by atoms with Gasteiger partial charge in [-0.1, -0.05) is 11.6 Å². The second-order valence-corrected chi connectivity index (χ2v) is 3.52. The lowest BCUT2D eigenvalue weighted by Gasteiger charge is -2.00. The fourth-order valence-electron chi connectivity index (χ4n) is 1.51. The molecule has 0 fully saturated rings. The van der Waals surface area contributed by atoms with E-state index in [2.05, 4.69) is 0 Å². The van der Waals surface area contributed by atoms with E-state index in [4.69, 9.17) is 25.5 Å². The van der Waals surface area contributed by atoms with Crippen LogP contribution in [-0.2, 0) is 0 Å². The number of hydrogen-bond acceptors (Lipinski definition) is 4. The summed E-state index contributed by atoms with van der Waals surface area (Å²) in [6.45, 7) is 0.174. The Bertz CT molecular complexity index is 602. The van der Waals surface area contributed by atoms with Crippen molar-refractivity contribution in [3.05, 3.63) is 33.6 Å². The lowest BCUT2D eigenvalue weighted by Crippen LogP contribution is -1.95. The second kappa shape index (κ2) is 2.90. The maximum Gasteiger partial charge on any atom is 0.337 e.